The molecule has 102 valence electrons. The van der Waals surface area contributed by atoms with Crippen LogP contribution in [0, 0.1) is 0 Å². The van der Waals surface area contributed by atoms with Crippen molar-refractivity contribution in [2.75, 3.05) is 0 Å². The SMILES string of the molecule is O.O.O=C(O)CC(O)(CC(=O)O)C(=O)O.[CaH2].[CaH2].[CaH2]. The maximum absolute atomic E-state index is 10.3. The van der Waals surface area contributed by atoms with Crippen LogP contribution in [0.2, 0.25) is 0 Å². The van der Waals surface area contributed by atoms with Gasteiger partial charge < -0.3 is 31.4 Å². The Hall–Kier alpha value is 2.07. The molecular formula is C6H18Ca3O9. The van der Waals surface area contributed by atoms with Crippen molar-refractivity contribution in [2.45, 2.75) is 18.4 Å². The second-order valence-corrected chi connectivity index (χ2v) is 2.48. The van der Waals surface area contributed by atoms with Crippen LogP contribution < -0.4 is 0 Å². The average molecular weight is 354 g/mol. The Kier molecular flexibility index (Phi) is 35.1. The van der Waals surface area contributed by atoms with Crippen LogP contribution in [0.15, 0.2) is 0 Å². The Balaban J connectivity index is -0.0000000720. The molecule has 0 rings (SSSR count). The zero-order valence-corrected chi connectivity index (χ0v) is 7.43. The van der Waals surface area contributed by atoms with Crippen molar-refractivity contribution in [3.05, 3.63) is 0 Å². The molecule has 12 heteroatoms. The summed E-state index contributed by atoms with van der Waals surface area (Å²) in [6, 6.07) is 0. The maximum atomic E-state index is 10.3. The van der Waals surface area contributed by atoms with Crippen LogP contribution in [-0.2, 0) is 14.4 Å². The fraction of sp³-hybridized carbons (Fsp3) is 0.500. The number of aliphatic carboxylic acids is 3. The van der Waals surface area contributed by atoms with Gasteiger partial charge in [-0.2, -0.15) is 0 Å². The van der Waals surface area contributed by atoms with Gasteiger partial charge >= 0.3 is 131 Å². The molecule has 9 nitrogen and oxygen atoms in total. The van der Waals surface area contributed by atoms with Gasteiger partial charge in [-0.1, -0.05) is 0 Å². The van der Waals surface area contributed by atoms with E-state index in [1.54, 1.807) is 0 Å². The summed E-state index contributed by atoms with van der Waals surface area (Å²) in [5.41, 5.74) is -2.74. The summed E-state index contributed by atoms with van der Waals surface area (Å²) < 4.78 is 0. The van der Waals surface area contributed by atoms with Gasteiger partial charge in [0.15, 0.2) is 5.60 Å². The number of hydrogen-bond acceptors (Lipinski definition) is 4. The molecule has 0 amide bonds. The van der Waals surface area contributed by atoms with E-state index in [9.17, 15) is 14.4 Å². The zero-order chi connectivity index (χ0) is 10.6. The second-order valence-electron chi connectivity index (χ2n) is 2.48. The van der Waals surface area contributed by atoms with Crippen molar-refractivity contribution < 1.29 is 45.8 Å². The Morgan fingerprint density at radius 3 is 1.11 bits per heavy atom. The Morgan fingerprint density at radius 2 is 1.00 bits per heavy atom. The first kappa shape index (κ1) is 36.9. The van der Waals surface area contributed by atoms with Crippen molar-refractivity contribution in [1.29, 1.82) is 0 Å². The molecule has 0 aromatic carbocycles. The quantitative estimate of drug-likeness (QED) is 0.353. The van der Waals surface area contributed by atoms with Crippen LogP contribution in [0.5, 0.6) is 0 Å². The number of carbonyl (C=O) groups is 3. The fourth-order valence-electron chi connectivity index (χ4n) is 0.714. The summed E-state index contributed by atoms with van der Waals surface area (Å²) in [7, 11) is 0. The number of aliphatic hydroxyl groups is 1. The van der Waals surface area contributed by atoms with Crippen LogP contribution in [0.4, 0.5) is 0 Å². The van der Waals surface area contributed by atoms with Crippen molar-refractivity contribution in [2.24, 2.45) is 0 Å². The van der Waals surface area contributed by atoms with E-state index in [2.05, 4.69) is 0 Å². The van der Waals surface area contributed by atoms with Crippen LogP contribution in [0.3, 0.4) is 0 Å². The molecule has 0 aliphatic carbocycles. The van der Waals surface area contributed by atoms with E-state index in [1.807, 2.05) is 0 Å². The topological polar surface area (TPSA) is 195 Å². The first-order valence-electron chi connectivity index (χ1n) is 3.17. The molecule has 18 heavy (non-hydrogen) atoms. The molecule has 0 bridgehead atoms. The molecule has 0 saturated heterocycles. The van der Waals surface area contributed by atoms with E-state index in [0.717, 1.165) is 0 Å². The molecule has 0 unspecified atom stereocenters. The van der Waals surface area contributed by atoms with Gasteiger partial charge in [0, 0.05) is 0 Å². The van der Waals surface area contributed by atoms with Crippen molar-refractivity contribution in [1.82, 2.24) is 0 Å². The summed E-state index contributed by atoms with van der Waals surface area (Å²) >= 11 is 0. The average Bonchev–Trinajstić information content (AvgIpc) is 1.82. The Bertz CT molecular complexity index is 241. The molecule has 8 N–H and O–H groups in total. The molecule has 0 radical (unpaired) electrons. The van der Waals surface area contributed by atoms with Crippen molar-refractivity contribution in [3.63, 3.8) is 0 Å². The van der Waals surface area contributed by atoms with Crippen LogP contribution >= 0.6 is 0 Å². The predicted molar refractivity (Wildman–Crippen MR) is 70.0 cm³/mol. The number of carboxylic acid groups (broad SMARTS) is 3. The Morgan fingerprint density at radius 1 is 0.778 bits per heavy atom. The van der Waals surface area contributed by atoms with Gasteiger partial charge in [-0.25, -0.2) is 4.79 Å². The Labute approximate surface area is 192 Å². The standard InChI is InChI=1S/C6H8O7.3Ca.2H2O.6H/c7-3(8)1-6(13,5(11)12)2-4(9)10;;;;;;;;;;;/h13H,1-2H2,(H,7,8)(H,9,10)(H,11,12);;;;2*1H2;;;;;;. The van der Waals surface area contributed by atoms with Gasteiger partial charge in [0.05, 0.1) is 12.8 Å². The van der Waals surface area contributed by atoms with E-state index in [-0.39, 0.29) is 124 Å². The van der Waals surface area contributed by atoms with Gasteiger partial charge in [0.2, 0.25) is 0 Å². The molecular weight excluding hydrogens is 336 g/mol. The molecule has 0 saturated carbocycles. The summed E-state index contributed by atoms with van der Waals surface area (Å²) in [4.78, 5) is 30.5. The van der Waals surface area contributed by atoms with Gasteiger partial charge in [0.25, 0.3) is 0 Å². The van der Waals surface area contributed by atoms with Gasteiger partial charge in [-0.15, -0.1) is 0 Å². The summed E-state index contributed by atoms with van der Waals surface area (Å²) in [6.45, 7) is 0. The molecule has 0 aliphatic heterocycles. The molecule has 0 atom stereocenters. The van der Waals surface area contributed by atoms with Crippen LogP contribution in [0.25, 0.3) is 0 Å². The third-order valence-electron chi connectivity index (χ3n) is 1.29. The number of hydrogen-bond donors (Lipinski definition) is 4. The summed E-state index contributed by atoms with van der Waals surface area (Å²) in [6.07, 6.45) is -2.29. The van der Waals surface area contributed by atoms with E-state index < -0.39 is 36.4 Å². The molecule has 0 spiro atoms. The minimum absolute atomic E-state index is 0. The molecule has 0 aromatic rings. The normalized spacial score (nSPS) is 7.83. The fourth-order valence-corrected chi connectivity index (χ4v) is 0.714. The molecule has 0 aliphatic rings. The first-order chi connectivity index (χ1) is 5.78. The number of rotatable bonds is 5. The molecule has 0 aromatic heterocycles. The van der Waals surface area contributed by atoms with Crippen LogP contribution in [0.1, 0.15) is 12.8 Å². The second kappa shape index (κ2) is 17.1. The molecule has 0 heterocycles. The van der Waals surface area contributed by atoms with E-state index >= 15 is 0 Å². The van der Waals surface area contributed by atoms with Gasteiger partial charge in [0.1, 0.15) is 0 Å². The monoisotopic (exact) mass is 354 g/mol. The van der Waals surface area contributed by atoms with E-state index in [4.69, 9.17) is 20.4 Å². The number of carboxylic acids is 3. The predicted octanol–water partition coefficient (Wildman–Crippen LogP) is -5.65. The van der Waals surface area contributed by atoms with Crippen molar-refractivity contribution >= 4 is 131 Å². The van der Waals surface area contributed by atoms with Crippen LogP contribution in [-0.4, -0.2) is 168 Å². The van der Waals surface area contributed by atoms with Crippen molar-refractivity contribution in [3.8, 4) is 0 Å². The zero-order valence-electron chi connectivity index (χ0n) is 7.43. The van der Waals surface area contributed by atoms with Gasteiger partial charge in [-0.05, 0) is 0 Å². The van der Waals surface area contributed by atoms with Gasteiger partial charge in [-0.3, -0.25) is 9.59 Å². The van der Waals surface area contributed by atoms with E-state index in [0.29, 0.717) is 0 Å². The molecule has 0 fully saturated rings. The summed E-state index contributed by atoms with van der Waals surface area (Å²) in [5.74, 6) is -5.02. The first-order valence-corrected chi connectivity index (χ1v) is 3.17. The van der Waals surface area contributed by atoms with E-state index in [1.165, 1.54) is 0 Å². The third kappa shape index (κ3) is 16.1. The minimum atomic E-state index is -2.74. The third-order valence-corrected chi connectivity index (χ3v) is 1.29. The summed E-state index contributed by atoms with van der Waals surface area (Å²) in [5, 5.41) is 33.8.